The molecule has 5 aromatic rings. The number of halogens is 4. The van der Waals surface area contributed by atoms with Crippen LogP contribution in [0.1, 0.15) is 304 Å². The molecule has 5 aromatic heterocycles. The van der Waals surface area contributed by atoms with Gasteiger partial charge in [-0.25, -0.2) is 44.4 Å². The molecule has 0 spiro atoms. The van der Waals surface area contributed by atoms with E-state index in [1.165, 1.54) is 127 Å². The average Bonchev–Trinajstić information content (AvgIpc) is 1.53. The molecule has 48 heteroatoms. The number of nitrogen functional groups attached to an aromatic ring is 1. The van der Waals surface area contributed by atoms with Crippen LogP contribution in [0.25, 0.3) is 0 Å². The Morgan fingerprint density at radius 1 is 0.424 bits per heavy atom. The third-order valence-corrected chi connectivity index (χ3v) is 36.4. The van der Waals surface area contributed by atoms with Crippen LogP contribution in [0.5, 0.6) is 0 Å². The maximum Gasteiger partial charge on any atom is 1.00 e. The normalized spacial score (nSPS) is 18.0. The van der Waals surface area contributed by atoms with E-state index in [2.05, 4.69) is 43.0 Å². The zero-order valence-corrected chi connectivity index (χ0v) is 94.4. The first-order valence-electron chi connectivity index (χ1n) is 48.6. The molecule has 0 bridgehead atoms. The van der Waals surface area contributed by atoms with E-state index in [1.54, 1.807) is 27.7 Å². The molecular weight excluding hydrogens is 2110 g/mol. The first-order chi connectivity index (χ1) is 66.9. The minimum atomic E-state index is -3.95. The summed E-state index contributed by atoms with van der Waals surface area (Å²) in [7, 11) is -4.65. The van der Waals surface area contributed by atoms with Crippen LogP contribution >= 0.6 is 50.7 Å². The van der Waals surface area contributed by atoms with Gasteiger partial charge in [0.15, 0.2) is 34.4 Å². The molecule has 0 aromatic carbocycles. The maximum atomic E-state index is 13.1. The number of sulfone groups is 3. The second-order valence-corrected chi connectivity index (χ2v) is 52.3. The third kappa shape index (κ3) is 36.1. The molecule has 3 N–H and O–H groups in total. The number of rotatable bonds is 29. The first-order valence-corrected chi connectivity index (χ1v) is 59.9. The Hall–Kier alpha value is -7.06. The largest absolute Gasteiger partial charge is 1.00 e. The minimum absolute atomic E-state index is 0. The fourth-order valence-corrected chi connectivity index (χ4v) is 26.6. The Labute approximate surface area is 894 Å². The van der Waals surface area contributed by atoms with Crippen molar-refractivity contribution >= 4 is 158 Å². The van der Waals surface area contributed by atoms with Gasteiger partial charge in [0, 0.05) is 33.7 Å². The van der Waals surface area contributed by atoms with Crippen molar-refractivity contribution in [1.82, 2.24) is 23.3 Å². The Kier molecular flexibility index (Phi) is 52.7. The number of nitro groups is 3. The van der Waals surface area contributed by atoms with Crippen LogP contribution in [-0.2, 0) is 88.2 Å². The molecule has 144 heavy (non-hydrogen) atoms. The van der Waals surface area contributed by atoms with Crippen molar-refractivity contribution in [3.05, 3.63) is 156 Å². The molecule has 5 heterocycles. The Bertz CT molecular complexity index is 5830. The van der Waals surface area contributed by atoms with Crippen LogP contribution in [-0.4, -0.2) is 177 Å². The van der Waals surface area contributed by atoms with Gasteiger partial charge in [-0.15, -0.1) is 17.4 Å². The molecule has 38 nitrogen and oxygen atoms in total. The fraction of sp³-hybridized carbons (Fsp3) is 0.688. The van der Waals surface area contributed by atoms with Gasteiger partial charge in [-0.05, 0) is 178 Å². The predicted molar refractivity (Wildman–Crippen MR) is 551 cm³/mol. The number of H-pyrrole nitrogens is 1. The molecule has 14 rings (SSSR count). The molecule has 6 unspecified atom stereocenters. The molecular formula is C96H141AlBrCl3N9NaO29S4. The number of nitrogens with zero attached hydrogens (tertiary/aromatic N) is 7. The van der Waals surface area contributed by atoms with E-state index in [9.17, 15) is 112 Å². The number of pyridine rings is 5. The summed E-state index contributed by atoms with van der Waals surface area (Å²) in [5.41, 5.74) is 1.31. The van der Waals surface area contributed by atoms with Crippen LogP contribution in [0, 0.1) is 94.6 Å². The van der Waals surface area contributed by atoms with E-state index >= 15 is 0 Å². The Balaban J connectivity index is 0.000000303. The van der Waals surface area contributed by atoms with Crippen molar-refractivity contribution < 1.29 is 126 Å². The molecule has 6 atom stereocenters. The minimum Gasteiger partial charge on any atom is -0.772 e. The van der Waals surface area contributed by atoms with Crippen molar-refractivity contribution in [3.63, 3.8) is 0 Å². The summed E-state index contributed by atoms with van der Waals surface area (Å²) in [6, 6.07) is 3.22. The number of aromatic amines is 1. The van der Waals surface area contributed by atoms with Crippen LogP contribution in [0.2, 0.25) is 32.4 Å². The molecule has 0 saturated heterocycles. The molecule has 0 aliphatic heterocycles. The van der Waals surface area contributed by atoms with Gasteiger partial charge >= 0.3 is 93.1 Å². The van der Waals surface area contributed by atoms with E-state index in [-0.39, 0.29) is 109 Å². The summed E-state index contributed by atoms with van der Waals surface area (Å²) >= 11 is 19.0. The topological polar surface area (TPSA) is 550 Å². The second-order valence-electron chi connectivity index (χ2n) is 38.7. The molecule has 800 valence electrons. The SMILES string of the molecule is C.COC(=O)C(Br)CC1CCCCC1.COC(=O)C(CC1CCCCC1)n1c(C)cc(Cl)c([N+](=O)[O-])c1=O.COC(=O)C(CC1CCCCC1)n1c(C)cc(S(=O)(=O)C2CC2)c(Cl)c1=O.COC(=O)C(CC1CCCCC1)n1c(C)cc(S(=O)(=O)C2CC2)c(N)c1=O.COC(=O)C(CC1CCCCC1)n1c(C)cc(S(=O)(=O)C2CC2)c([N+](=O)[O-])c1=O.Cc1cc(Cl)c([N+](=O)[O-])c(=O)[nH]1.O=S([O-])C1CC1.[CH3][Al]([CH3])[CH3].[Na+]. The average molecular weight is 2250 g/mol. The summed E-state index contributed by atoms with van der Waals surface area (Å²) in [6.07, 6.45) is 35.5. The van der Waals surface area contributed by atoms with Crippen molar-refractivity contribution in [1.29, 1.82) is 0 Å². The molecule has 0 radical (unpaired) electrons. The molecule has 9 aliphatic rings. The number of hydrogen-bond donors (Lipinski definition) is 2. The number of methoxy groups -OCH3 is 5. The number of hydrogen-bond acceptors (Lipinski definition) is 30. The number of nitrogens with one attached hydrogen (secondary N) is 1. The molecule has 9 saturated carbocycles. The van der Waals surface area contributed by atoms with Crippen LogP contribution in [0.4, 0.5) is 22.7 Å². The summed E-state index contributed by atoms with van der Waals surface area (Å²) in [4.78, 5) is 155. The van der Waals surface area contributed by atoms with E-state index in [4.69, 9.17) is 59.5 Å². The zero-order valence-electron chi connectivity index (χ0n) is 84.1. The number of aryl methyl sites for hydroxylation is 5. The van der Waals surface area contributed by atoms with Gasteiger partial charge in [0.1, 0.15) is 49.7 Å². The van der Waals surface area contributed by atoms with Gasteiger partial charge in [0.25, 0.3) is 25.3 Å². The summed E-state index contributed by atoms with van der Waals surface area (Å²) in [5, 5.41) is 30.8. The quantitative estimate of drug-likeness (QED) is 0.00854. The Morgan fingerprint density at radius 2 is 0.688 bits per heavy atom. The number of carbonyl (C=O) groups excluding carboxylic acids is 5. The number of esters is 5. The number of anilines is 1. The van der Waals surface area contributed by atoms with Gasteiger partial charge in [-0.2, -0.15) is 0 Å². The molecule has 9 fully saturated rings. The number of nitrogens with two attached hydrogens (primary N) is 1. The van der Waals surface area contributed by atoms with Gasteiger partial charge in [-0.3, -0.25) is 81.6 Å². The van der Waals surface area contributed by atoms with E-state index in [1.807, 2.05) is 0 Å². The standard InChI is InChI=1S/C19H26ClNO5S.C19H26N2O7S.C19H28N2O5S.C16H21ClN2O5.C10H17BrO2.C6H5ClN2O3.C3H6O2S.CH4.3CH3.Al.Na/c1-12-10-16(27(24,25)14-8-9-14)17(20)18(22)21(12)15(19(23)26-2)11-13-6-4-3-5-7-13;1-12-10-16(29(26,27)14-8-9-14)17(21(24)25)18(22)20(12)15(19(23)28-2)11-13-6-4-3-5-7-13;1-12-10-16(27(24,25)14-8-9-14)17(20)18(22)21(12)15(19(23)26-2)11-13-6-4-3-5-7-13;1-10-8-12(17)14(19(22)23)15(20)18(10)13(16(21)24-2)9-11-6-4-3-5-7-11;1-13-10(12)9(11)7-8-5-3-2-4-6-8;1-3-2-4(7)5(9(11)12)6(10)8-3;4-6(5)3-1-2-3;;;;;;/h10,13-15H,3-9,11H2,1-2H3;10,13-15H,3-9,11H2,1-2H3;10,13-15H,3-9,11,20H2,1-2H3;8,11,13H,3-7,9H2,1-2H3;8-9H,2-7H2,1H3;2H,1H3,(H,8,10);3H,1-2H2,(H,4,5);1H4;3*1H3;;/q;;;;;;;;;;;;+1/p-1. The smallest absolute Gasteiger partial charge is 0.772 e. The van der Waals surface area contributed by atoms with Gasteiger partial charge in [0.2, 0.25) is 0 Å². The van der Waals surface area contributed by atoms with Crippen molar-refractivity contribution in [2.45, 2.75) is 368 Å². The van der Waals surface area contributed by atoms with Crippen LogP contribution in [0.3, 0.4) is 0 Å². The van der Waals surface area contributed by atoms with Gasteiger partial charge in [-0.1, -0.05) is 230 Å². The van der Waals surface area contributed by atoms with Crippen molar-refractivity contribution in [3.8, 4) is 0 Å². The number of aromatic nitrogens is 5. The van der Waals surface area contributed by atoms with Gasteiger partial charge in [0.05, 0.1) is 75.9 Å². The van der Waals surface area contributed by atoms with Gasteiger partial charge < -0.3 is 39.0 Å². The van der Waals surface area contributed by atoms with E-state index in [0.29, 0.717) is 105 Å². The fourth-order valence-electron chi connectivity index (χ4n) is 18.8. The summed E-state index contributed by atoms with van der Waals surface area (Å²) in [5.74, 6) is 6.45. The van der Waals surface area contributed by atoms with Crippen molar-refractivity contribution in [2.24, 2.45) is 29.6 Å². The second kappa shape index (κ2) is 59.5. The first kappa shape index (κ1) is 127. The maximum absolute atomic E-state index is 13.1. The van der Waals surface area contributed by atoms with Crippen LogP contribution < -0.4 is 63.1 Å². The molecule has 9 aliphatic carbocycles. The number of carbonyl (C=O) groups is 5. The summed E-state index contributed by atoms with van der Waals surface area (Å²) in [6.45, 7) is 7.97. The third-order valence-electron chi connectivity index (χ3n) is 26.8. The number of ether oxygens (including phenoxy) is 5. The molecule has 0 amide bonds. The number of alkyl halides is 1. The van der Waals surface area contributed by atoms with Crippen molar-refractivity contribution in [2.75, 3.05) is 41.3 Å². The van der Waals surface area contributed by atoms with E-state index in [0.717, 1.165) is 150 Å². The monoisotopic (exact) mass is 2250 g/mol. The zero-order chi connectivity index (χ0) is 106. The van der Waals surface area contributed by atoms with E-state index < -0.39 is 169 Å². The van der Waals surface area contributed by atoms with Crippen LogP contribution in [0.15, 0.2) is 69.0 Å². The predicted octanol–water partition coefficient (Wildman–Crippen LogP) is 15.1. The summed E-state index contributed by atoms with van der Waals surface area (Å²) < 4.78 is 124. The Morgan fingerprint density at radius 3 is 0.972 bits per heavy atom.